The van der Waals surface area contributed by atoms with Gasteiger partial charge in [0, 0.05) is 11.6 Å². The number of hydrogen-bond donors (Lipinski definition) is 2. The first-order valence-corrected chi connectivity index (χ1v) is 7.84. The number of nitrogens with one attached hydrogen (secondary N) is 1. The van der Waals surface area contributed by atoms with Gasteiger partial charge in [-0.2, -0.15) is 0 Å². The fraction of sp³-hybridized carbons (Fsp3) is 0.529. The Kier molecular flexibility index (Phi) is 5.60. The molecular formula is C17H24N2O4. The van der Waals surface area contributed by atoms with Crippen LogP contribution in [0.1, 0.15) is 38.3 Å². The summed E-state index contributed by atoms with van der Waals surface area (Å²) in [6.07, 6.45) is 1.90. The molecule has 2 unspecified atom stereocenters. The van der Waals surface area contributed by atoms with Crippen molar-refractivity contribution in [3.05, 3.63) is 29.8 Å². The smallest absolute Gasteiger partial charge is 0.320 e. The predicted octanol–water partition coefficient (Wildman–Crippen LogP) is 1.81. The fourth-order valence-electron chi connectivity index (χ4n) is 2.69. The molecular weight excluding hydrogens is 296 g/mol. The fourth-order valence-corrected chi connectivity index (χ4v) is 2.69. The average Bonchev–Trinajstić information content (AvgIpc) is 3.36. The quantitative estimate of drug-likeness (QED) is 0.764. The lowest BCUT2D eigenvalue weighted by molar-refractivity contribution is -0.143. The van der Waals surface area contributed by atoms with Gasteiger partial charge in [-0.25, -0.2) is 0 Å². The van der Waals surface area contributed by atoms with Crippen LogP contribution in [-0.2, 0) is 9.59 Å². The Morgan fingerprint density at radius 2 is 2.00 bits per heavy atom. The van der Waals surface area contributed by atoms with Gasteiger partial charge in [0.25, 0.3) is 0 Å². The van der Waals surface area contributed by atoms with Crippen LogP contribution in [0.3, 0.4) is 0 Å². The van der Waals surface area contributed by atoms with E-state index >= 15 is 0 Å². The van der Waals surface area contributed by atoms with Gasteiger partial charge in [0.05, 0.1) is 19.7 Å². The van der Waals surface area contributed by atoms with Crippen molar-refractivity contribution in [2.45, 2.75) is 44.8 Å². The van der Waals surface area contributed by atoms with E-state index in [1.807, 2.05) is 31.2 Å². The summed E-state index contributed by atoms with van der Waals surface area (Å²) in [6, 6.07) is 6.86. The zero-order chi connectivity index (χ0) is 17.0. The second-order valence-electron chi connectivity index (χ2n) is 5.95. The number of aliphatic carboxylic acids is 1. The van der Waals surface area contributed by atoms with E-state index in [0.717, 1.165) is 24.2 Å². The molecule has 0 aromatic heterocycles. The van der Waals surface area contributed by atoms with Crippen molar-refractivity contribution in [3.63, 3.8) is 0 Å². The lowest BCUT2D eigenvalue weighted by atomic mass is 10.1. The lowest BCUT2D eigenvalue weighted by Gasteiger charge is -2.26. The maximum Gasteiger partial charge on any atom is 0.320 e. The molecule has 0 saturated heterocycles. The summed E-state index contributed by atoms with van der Waals surface area (Å²) < 4.78 is 5.31. The summed E-state index contributed by atoms with van der Waals surface area (Å²) in [7, 11) is 1.59. The Morgan fingerprint density at radius 3 is 2.57 bits per heavy atom. The number of ether oxygens (including phenoxy) is 1. The summed E-state index contributed by atoms with van der Waals surface area (Å²) in [4.78, 5) is 25.3. The number of benzene rings is 1. The van der Waals surface area contributed by atoms with Crippen LogP contribution in [0.25, 0.3) is 0 Å². The molecule has 6 nitrogen and oxygen atoms in total. The maximum absolute atomic E-state index is 12.3. The minimum absolute atomic E-state index is 0.0949. The molecule has 23 heavy (non-hydrogen) atoms. The van der Waals surface area contributed by atoms with Gasteiger partial charge in [-0.1, -0.05) is 18.2 Å². The topological polar surface area (TPSA) is 78.9 Å². The third-order valence-corrected chi connectivity index (χ3v) is 4.18. The van der Waals surface area contributed by atoms with E-state index in [0.29, 0.717) is 0 Å². The molecule has 2 rings (SSSR count). The molecule has 1 fully saturated rings. The van der Waals surface area contributed by atoms with Crippen molar-refractivity contribution in [1.29, 1.82) is 0 Å². The molecule has 1 aromatic rings. The Balaban J connectivity index is 1.99. The van der Waals surface area contributed by atoms with E-state index in [-0.39, 0.29) is 24.5 Å². The molecule has 6 heteroatoms. The summed E-state index contributed by atoms with van der Waals surface area (Å²) in [5, 5.41) is 12.1. The third-order valence-electron chi connectivity index (χ3n) is 4.18. The summed E-state index contributed by atoms with van der Waals surface area (Å²) >= 11 is 0. The molecule has 0 aliphatic heterocycles. The molecule has 126 valence electrons. The predicted molar refractivity (Wildman–Crippen MR) is 86.4 cm³/mol. The van der Waals surface area contributed by atoms with E-state index in [1.54, 1.807) is 18.9 Å². The third kappa shape index (κ3) is 4.45. The molecule has 2 N–H and O–H groups in total. The van der Waals surface area contributed by atoms with Gasteiger partial charge in [0.2, 0.25) is 5.91 Å². The van der Waals surface area contributed by atoms with Gasteiger partial charge < -0.3 is 15.2 Å². The number of carboxylic acid groups (broad SMARTS) is 1. The highest BCUT2D eigenvalue weighted by atomic mass is 16.5. The van der Waals surface area contributed by atoms with Crippen molar-refractivity contribution in [3.8, 4) is 5.75 Å². The number of carbonyl (C=O) groups is 2. The number of carboxylic acids is 1. The van der Waals surface area contributed by atoms with Gasteiger partial charge in [-0.05, 0) is 32.8 Å². The van der Waals surface area contributed by atoms with Crippen molar-refractivity contribution in [2.24, 2.45) is 0 Å². The summed E-state index contributed by atoms with van der Waals surface area (Å²) in [6.45, 7) is 3.60. The van der Waals surface area contributed by atoms with Gasteiger partial charge in [0.1, 0.15) is 11.8 Å². The lowest BCUT2D eigenvalue weighted by Crippen LogP contribution is -2.46. The van der Waals surface area contributed by atoms with Crippen molar-refractivity contribution >= 4 is 11.9 Å². The normalized spacial score (nSPS) is 16.7. The van der Waals surface area contributed by atoms with E-state index < -0.39 is 12.0 Å². The highest BCUT2D eigenvalue weighted by Gasteiger charge is 2.36. The standard InChI is InChI=1S/C17H24N2O4/c1-11(14-6-4-5-7-15(14)23-3)18-16(20)10-19(13-8-9-13)12(2)17(21)22/h4-7,11-13H,8-10H2,1-3H3,(H,18,20)(H,21,22). The number of methoxy groups -OCH3 is 1. The van der Waals surface area contributed by atoms with Gasteiger partial charge in [0.15, 0.2) is 0 Å². The van der Waals surface area contributed by atoms with Gasteiger partial charge in [-0.15, -0.1) is 0 Å². The number of amides is 1. The Bertz CT molecular complexity index is 571. The van der Waals surface area contributed by atoms with Crippen molar-refractivity contribution in [2.75, 3.05) is 13.7 Å². The Labute approximate surface area is 136 Å². The minimum Gasteiger partial charge on any atom is -0.496 e. The number of hydrogen-bond acceptors (Lipinski definition) is 4. The highest BCUT2D eigenvalue weighted by Crippen LogP contribution is 2.29. The monoisotopic (exact) mass is 320 g/mol. The first-order chi connectivity index (χ1) is 10.9. The molecule has 0 spiro atoms. The SMILES string of the molecule is COc1ccccc1C(C)NC(=O)CN(C1CC1)C(C)C(=O)O. The van der Waals surface area contributed by atoms with Crippen LogP contribution in [0, 0.1) is 0 Å². The van der Waals surface area contributed by atoms with Crippen LogP contribution in [0.5, 0.6) is 5.75 Å². The molecule has 2 atom stereocenters. The summed E-state index contributed by atoms with van der Waals surface area (Å²) in [5.41, 5.74) is 0.896. The van der Waals surface area contributed by atoms with Crippen molar-refractivity contribution < 1.29 is 19.4 Å². The highest BCUT2D eigenvalue weighted by molar-refractivity contribution is 5.80. The molecule has 0 heterocycles. The number of para-hydroxylation sites is 1. The number of carbonyl (C=O) groups excluding carboxylic acids is 1. The molecule has 0 bridgehead atoms. The molecule has 1 aliphatic carbocycles. The van der Waals surface area contributed by atoms with Crippen LogP contribution in [0.15, 0.2) is 24.3 Å². The molecule has 1 aliphatic rings. The zero-order valence-corrected chi connectivity index (χ0v) is 13.8. The first kappa shape index (κ1) is 17.3. The largest absolute Gasteiger partial charge is 0.496 e. The van der Waals surface area contributed by atoms with E-state index in [4.69, 9.17) is 4.74 Å². The second kappa shape index (κ2) is 7.46. The molecule has 1 amide bonds. The molecule has 1 aromatic carbocycles. The van der Waals surface area contributed by atoms with Gasteiger partial charge >= 0.3 is 5.97 Å². The van der Waals surface area contributed by atoms with E-state index in [1.165, 1.54) is 0 Å². The van der Waals surface area contributed by atoms with Crippen LogP contribution in [0.4, 0.5) is 0 Å². The zero-order valence-electron chi connectivity index (χ0n) is 13.8. The van der Waals surface area contributed by atoms with Crippen LogP contribution < -0.4 is 10.1 Å². The molecule has 1 saturated carbocycles. The van der Waals surface area contributed by atoms with E-state index in [9.17, 15) is 14.7 Å². The minimum atomic E-state index is -0.900. The average molecular weight is 320 g/mol. The number of nitrogens with zero attached hydrogens (tertiary/aromatic N) is 1. The van der Waals surface area contributed by atoms with Crippen LogP contribution in [0.2, 0.25) is 0 Å². The Hall–Kier alpha value is -2.08. The van der Waals surface area contributed by atoms with E-state index in [2.05, 4.69) is 5.32 Å². The maximum atomic E-state index is 12.3. The second-order valence-corrected chi connectivity index (χ2v) is 5.95. The first-order valence-electron chi connectivity index (χ1n) is 7.84. The molecule has 0 radical (unpaired) electrons. The van der Waals surface area contributed by atoms with Gasteiger partial charge in [-0.3, -0.25) is 14.5 Å². The van der Waals surface area contributed by atoms with Crippen LogP contribution in [-0.4, -0.2) is 47.6 Å². The number of rotatable bonds is 8. The summed E-state index contributed by atoms with van der Waals surface area (Å²) in [5.74, 6) is -0.357. The Morgan fingerprint density at radius 1 is 1.35 bits per heavy atom. The van der Waals surface area contributed by atoms with Crippen LogP contribution >= 0.6 is 0 Å². The van der Waals surface area contributed by atoms with Crippen molar-refractivity contribution in [1.82, 2.24) is 10.2 Å².